The second-order valence-corrected chi connectivity index (χ2v) is 5.26. The van der Waals surface area contributed by atoms with Crippen molar-refractivity contribution in [3.8, 4) is 0 Å². The van der Waals surface area contributed by atoms with E-state index in [1.54, 1.807) is 18.2 Å². The molecular formula is C12H16ClNO2. The van der Waals surface area contributed by atoms with Crippen molar-refractivity contribution in [2.45, 2.75) is 25.2 Å². The lowest BCUT2D eigenvalue weighted by Crippen LogP contribution is -2.58. The number of hydrogen-bond acceptors (Lipinski definition) is 3. The second kappa shape index (κ2) is 4.00. The molecule has 3 nitrogen and oxygen atoms in total. The highest BCUT2D eigenvalue weighted by atomic mass is 35.5. The van der Waals surface area contributed by atoms with Gasteiger partial charge >= 0.3 is 0 Å². The Morgan fingerprint density at radius 3 is 2.75 bits per heavy atom. The van der Waals surface area contributed by atoms with Crippen LogP contribution in [0.4, 0.5) is 0 Å². The van der Waals surface area contributed by atoms with E-state index >= 15 is 0 Å². The molecule has 0 bridgehead atoms. The predicted molar refractivity (Wildman–Crippen MR) is 63.4 cm³/mol. The molecule has 0 amide bonds. The zero-order valence-corrected chi connectivity index (χ0v) is 10.2. The van der Waals surface area contributed by atoms with Crippen LogP contribution in [0.25, 0.3) is 0 Å². The molecule has 2 rings (SSSR count). The average molecular weight is 242 g/mol. The summed E-state index contributed by atoms with van der Waals surface area (Å²) in [5.41, 5.74) is 0.577. The summed E-state index contributed by atoms with van der Waals surface area (Å²) in [5, 5.41) is 14.2. The molecule has 0 aromatic heterocycles. The number of halogens is 1. The standard InChI is InChI=1S/C12H16ClNO2/c1-11(2)8-16-12(15,7-14-11)9-4-3-5-10(13)6-9/h3-6,14-15H,7-8H2,1-2H3/t12-/m1/s1. The lowest BCUT2D eigenvalue weighted by molar-refractivity contribution is -0.241. The molecule has 1 heterocycles. The molecule has 88 valence electrons. The molecule has 1 aromatic carbocycles. The minimum absolute atomic E-state index is 0.106. The number of rotatable bonds is 1. The molecule has 1 aliphatic heterocycles. The second-order valence-electron chi connectivity index (χ2n) is 4.82. The molecule has 0 saturated carbocycles. The van der Waals surface area contributed by atoms with Gasteiger partial charge in [-0.15, -0.1) is 0 Å². The lowest BCUT2D eigenvalue weighted by atomic mass is 9.99. The first kappa shape index (κ1) is 11.9. The van der Waals surface area contributed by atoms with E-state index in [1.807, 2.05) is 19.9 Å². The van der Waals surface area contributed by atoms with E-state index in [0.29, 0.717) is 23.7 Å². The first-order valence-electron chi connectivity index (χ1n) is 5.29. The first-order chi connectivity index (χ1) is 7.41. The highest BCUT2D eigenvalue weighted by Gasteiger charge is 2.38. The molecule has 1 saturated heterocycles. The Morgan fingerprint density at radius 2 is 2.19 bits per heavy atom. The van der Waals surface area contributed by atoms with E-state index in [2.05, 4.69) is 5.32 Å². The van der Waals surface area contributed by atoms with Gasteiger partial charge in [0.1, 0.15) is 0 Å². The molecule has 0 aliphatic carbocycles. The minimum Gasteiger partial charge on any atom is -0.361 e. The number of nitrogens with one attached hydrogen (secondary N) is 1. The van der Waals surface area contributed by atoms with E-state index in [4.69, 9.17) is 16.3 Å². The molecule has 0 spiro atoms. The molecule has 1 aliphatic rings. The van der Waals surface area contributed by atoms with Crippen LogP contribution in [0.2, 0.25) is 5.02 Å². The quantitative estimate of drug-likeness (QED) is 0.789. The summed E-state index contributed by atoms with van der Waals surface area (Å²) in [5.74, 6) is -1.28. The van der Waals surface area contributed by atoms with Gasteiger partial charge < -0.3 is 15.2 Å². The van der Waals surface area contributed by atoms with Crippen molar-refractivity contribution in [1.29, 1.82) is 0 Å². The Bertz CT molecular complexity index is 382. The molecule has 1 atom stereocenters. The number of ether oxygens (including phenoxy) is 1. The zero-order chi connectivity index (χ0) is 11.8. The van der Waals surface area contributed by atoms with Gasteiger partial charge in [0, 0.05) is 16.1 Å². The maximum Gasteiger partial charge on any atom is 0.205 e. The van der Waals surface area contributed by atoms with Gasteiger partial charge in [-0.2, -0.15) is 0 Å². The molecule has 1 fully saturated rings. The Labute approximate surface area is 100 Å². The number of aliphatic hydroxyl groups is 1. The summed E-state index contributed by atoms with van der Waals surface area (Å²) in [7, 11) is 0. The number of benzene rings is 1. The molecule has 4 heteroatoms. The van der Waals surface area contributed by atoms with E-state index in [-0.39, 0.29) is 5.54 Å². The molecule has 0 unspecified atom stereocenters. The normalized spacial score (nSPS) is 29.0. The summed E-state index contributed by atoms with van der Waals surface area (Å²) in [6.45, 7) is 4.88. The topological polar surface area (TPSA) is 41.5 Å². The summed E-state index contributed by atoms with van der Waals surface area (Å²) in [4.78, 5) is 0. The van der Waals surface area contributed by atoms with Crippen LogP contribution in [0.5, 0.6) is 0 Å². The number of hydrogen-bond donors (Lipinski definition) is 2. The van der Waals surface area contributed by atoms with Crippen molar-refractivity contribution in [3.05, 3.63) is 34.9 Å². The lowest BCUT2D eigenvalue weighted by Gasteiger charge is -2.41. The zero-order valence-electron chi connectivity index (χ0n) is 9.46. The first-order valence-corrected chi connectivity index (χ1v) is 5.67. The summed E-state index contributed by atoms with van der Waals surface area (Å²) >= 11 is 5.90. The van der Waals surface area contributed by atoms with Crippen LogP contribution in [0.15, 0.2) is 24.3 Å². The maximum atomic E-state index is 10.4. The third kappa shape index (κ3) is 2.38. The third-order valence-corrected chi connectivity index (χ3v) is 2.99. The molecular weight excluding hydrogens is 226 g/mol. The fraction of sp³-hybridized carbons (Fsp3) is 0.500. The van der Waals surface area contributed by atoms with Crippen molar-refractivity contribution in [2.24, 2.45) is 0 Å². The minimum atomic E-state index is -1.28. The van der Waals surface area contributed by atoms with E-state index in [0.717, 1.165) is 0 Å². The van der Waals surface area contributed by atoms with Crippen molar-refractivity contribution < 1.29 is 9.84 Å². The maximum absolute atomic E-state index is 10.4. The molecule has 0 radical (unpaired) electrons. The SMILES string of the molecule is CC1(C)CO[C@@](O)(c2cccc(Cl)c2)CN1. The Kier molecular flexibility index (Phi) is 2.97. The monoisotopic (exact) mass is 241 g/mol. The van der Waals surface area contributed by atoms with Crippen LogP contribution < -0.4 is 5.32 Å². The van der Waals surface area contributed by atoms with Crippen LogP contribution in [-0.2, 0) is 10.5 Å². The van der Waals surface area contributed by atoms with E-state index in [9.17, 15) is 5.11 Å². The Morgan fingerprint density at radius 1 is 1.44 bits per heavy atom. The van der Waals surface area contributed by atoms with Gasteiger partial charge in [-0.05, 0) is 26.0 Å². The van der Waals surface area contributed by atoms with Crippen molar-refractivity contribution >= 4 is 11.6 Å². The van der Waals surface area contributed by atoms with Gasteiger partial charge in [0.05, 0.1) is 13.2 Å². The van der Waals surface area contributed by atoms with Gasteiger partial charge in [0.15, 0.2) is 0 Å². The average Bonchev–Trinajstić information content (AvgIpc) is 2.23. The number of morpholine rings is 1. The van der Waals surface area contributed by atoms with Crippen LogP contribution in [-0.4, -0.2) is 23.8 Å². The van der Waals surface area contributed by atoms with E-state index in [1.165, 1.54) is 0 Å². The van der Waals surface area contributed by atoms with Crippen molar-refractivity contribution in [1.82, 2.24) is 5.32 Å². The van der Waals surface area contributed by atoms with Gasteiger partial charge in [-0.1, -0.05) is 23.7 Å². The smallest absolute Gasteiger partial charge is 0.205 e. The predicted octanol–water partition coefficient (Wildman–Crippen LogP) is 1.88. The van der Waals surface area contributed by atoms with Crippen molar-refractivity contribution in [3.63, 3.8) is 0 Å². The summed E-state index contributed by atoms with van der Waals surface area (Å²) in [6, 6.07) is 7.11. The van der Waals surface area contributed by atoms with Crippen LogP contribution in [0.1, 0.15) is 19.4 Å². The fourth-order valence-corrected chi connectivity index (χ4v) is 1.87. The number of β-amino-alcohol motifs (C(OH)–C–C–N with tert-alkyl or cyclic N) is 1. The highest BCUT2D eigenvalue weighted by molar-refractivity contribution is 6.30. The fourth-order valence-electron chi connectivity index (χ4n) is 1.68. The van der Waals surface area contributed by atoms with Crippen LogP contribution in [0, 0.1) is 0 Å². The molecule has 16 heavy (non-hydrogen) atoms. The molecule has 2 N–H and O–H groups in total. The summed E-state index contributed by atoms with van der Waals surface area (Å²) < 4.78 is 5.56. The molecule has 1 aromatic rings. The van der Waals surface area contributed by atoms with Gasteiger partial charge in [-0.3, -0.25) is 0 Å². The van der Waals surface area contributed by atoms with Gasteiger partial charge in [0.25, 0.3) is 0 Å². The summed E-state index contributed by atoms with van der Waals surface area (Å²) in [6.07, 6.45) is 0. The Balaban J connectivity index is 2.21. The van der Waals surface area contributed by atoms with Crippen LogP contribution >= 0.6 is 11.6 Å². The highest BCUT2D eigenvalue weighted by Crippen LogP contribution is 2.29. The van der Waals surface area contributed by atoms with Crippen molar-refractivity contribution in [2.75, 3.05) is 13.2 Å². The Hall–Kier alpha value is -0.610. The third-order valence-electron chi connectivity index (χ3n) is 2.75. The van der Waals surface area contributed by atoms with Gasteiger partial charge in [0.2, 0.25) is 5.79 Å². The van der Waals surface area contributed by atoms with E-state index < -0.39 is 5.79 Å². The van der Waals surface area contributed by atoms with Crippen LogP contribution in [0.3, 0.4) is 0 Å². The largest absolute Gasteiger partial charge is 0.361 e. The van der Waals surface area contributed by atoms with Gasteiger partial charge in [-0.25, -0.2) is 0 Å².